The zero-order valence-corrected chi connectivity index (χ0v) is 11.4. The van der Waals surface area contributed by atoms with Crippen molar-refractivity contribution in [1.82, 2.24) is 4.98 Å². The van der Waals surface area contributed by atoms with Crippen LogP contribution in [-0.2, 0) is 6.54 Å². The number of halogens is 1. The van der Waals surface area contributed by atoms with E-state index in [1.807, 2.05) is 0 Å². The number of benzene rings is 1. The maximum atomic E-state index is 10.7. The number of nitrogens with zero attached hydrogens (tertiary/aromatic N) is 2. The maximum Gasteiger partial charge on any atom is 0.274 e. The van der Waals surface area contributed by atoms with E-state index in [1.54, 1.807) is 25.3 Å². The van der Waals surface area contributed by atoms with Gasteiger partial charge < -0.3 is 10.1 Å². The minimum Gasteiger partial charge on any atom is -0.496 e. The molecule has 0 spiro atoms. The van der Waals surface area contributed by atoms with Crippen LogP contribution in [0, 0.1) is 10.1 Å². The van der Waals surface area contributed by atoms with Crippen LogP contribution in [-0.4, -0.2) is 17.0 Å². The van der Waals surface area contributed by atoms with Gasteiger partial charge in [0.2, 0.25) is 0 Å². The van der Waals surface area contributed by atoms with Crippen LogP contribution in [0.2, 0.25) is 5.02 Å². The van der Waals surface area contributed by atoms with Crippen LogP contribution in [0.5, 0.6) is 5.75 Å². The Hall–Kier alpha value is -2.34. The summed E-state index contributed by atoms with van der Waals surface area (Å²) in [6.45, 7) is 0.358. The highest BCUT2D eigenvalue weighted by atomic mass is 35.5. The Morgan fingerprint density at radius 1 is 1.45 bits per heavy atom. The molecule has 0 fully saturated rings. The van der Waals surface area contributed by atoms with E-state index in [0.717, 1.165) is 5.56 Å². The van der Waals surface area contributed by atoms with Gasteiger partial charge >= 0.3 is 0 Å². The van der Waals surface area contributed by atoms with Crippen molar-refractivity contribution in [2.75, 3.05) is 12.4 Å². The van der Waals surface area contributed by atoms with Crippen LogP contribution in [0.15, 0.2) is 36.5 Å². The minimum absolute atomic E-state index is 0.0198. The Kier molecular flexibility index (Phi) is 4.37. The van der Waals surface area contributed by atoms with E-state index in [0.29, 0.717) is 23.1 Å². The highest BCUT2D eigenvalue weighted by Crippen LogP contribution is 2.27. The second-order valence-electron chi connectivity index (χ2n) is 3.93. The average Bonchev–Trinajstić information content (AvgIpc) is 2.46. The summed E-state index contributed by atoms with van der Waals surface area (Å²) in [5.74, 6) is 1.05. The summed E-state index contributed by atoms with van der Waals surface area (Å²) >= 11 is 6.11. The molecule has 104 valence electrons. The van der Waals surface area contributed by atoms with E-state index in [2.05, 4.69) is 10.3 Å². The van der Waals surface area contributed by atoms with E-state index in [9.17, 15) is 10.1 Å². The molecule has 1 aromatic carbocycles. The van der Waals surface area contributed by atoms with Gasteiger partial charge in [-0.1, -0.05) is 17.7 Å². The third kappa shape index (κ3) is 3.16. The Morgan fingerprint density at radius 2 is 2.25 bits per heavy atom. The predicted octanol–water partition coefficient (Wildman–Crippen LogP) is 3.26. The Balaban J connectivity index is 2.17. The number of anilines is 1. The molecule has 1 aromatic heterocycles. The number of ether oxygens (including phenoxy) is 1. The Bertz CT molecular complexity index is 634. The summed E-state index contributed by atoms with van der Waals surface area (Å²) < 4.78 is 5.22. The number of pyridine rings is 1. The Labute approximate surface area is 120 Å². The van der Waals surface area contributed by atoms with Gasteiger partial charge in [-0.15, -0.1) is 0 Å². The van der Waals surface area contributed by atoms with E-state index in [-0.39, 0.29) is 5.69 Å². The highest BCUT2D eigenvalue weighted by Gasteiger charge is 2.10. The van der Waals surface area contributed by atoms with Crippen LogP contribution in [0.4, 0.5) is 11.5 Å². The number of methoxy groups -OCH3 is 1. The predicted molar refractivity (Wildman–Crippen MR) is 76.2 cm³/mol. The lowest BCUT2D eigenvalue weighted by Crippen LogP contribution is -2.04. The third-order valence-corrected chi connectivity index (χ3v) is 3.05. The summed E-state index contributed by atoms with van der Waals surface area (Å²) in [7, 11) is 1.56. The smallest absolute Gasteiger partial charge is 0.274 e. The summed E-state index contributed by atoms with van der Waals surface area (Å²) in [5.41, 5.74) is 0.749. The SMILES string of the molecule is COc1cccc(Cl)c1CNc1cc([N+](=O)[O-])ccn1. The van der Waals surface area contributed by atoms with Gasteiger partial charge in [0.1, 0.15) is 11.6 Å². The molecule has 20 heavy (non-hydrogen) atoms. The van der Waals surface area contributed by atoms with Gasteiger partial charge in [0.25, 0.3) is 5.69 Å². The number of rotatable bonds is 5. The van der Waals surface area contributed by atoms with Crippen molar-refractivity contribution in [3.63, 3.8) is 0 Å². The zero-order chi connectivity index (χ0) is 14.5. The minimum atomic E-state index is -0.469. The molecule has 2 rings (SSSR count). The molecule has 0 saturated heterocycles. The highest BCUT2D eigenvalue weighted by molar-refractivity contribution is 6.31. The molecule has 0 saturated carbocycles. The molecule has 6 nitrogen and oxygen atoms in total. The molecular formula is C13H12ClN3O3. The zero-order valence-electron chi connectivity index (χ0n) is 10.7. The number of hydrogen-bond acceptors (Lipinski definition) is 5. The number of nitro groups is 1. The molecule has 0 amide bonds. The van der Waals surface area contributed by atoms with Crippen molar-refractivity contribution >= 4 is 23.1 Å². The van der Waals surface area contributed by atoms with E-state index in [4.69, 9.17) is 16.3 Å². The Morgan fingerprint density at radius 3 is 2.95 bits per heavy atom. The van der Waals surface area contributed by atoms with Gasteiger partial charge in [-0.05, 0) is 12.1 Å². The van der Waals surface area contributed by atoms with Crippen LogP contribution in [0.1, 0.15) is 5.56 Å². The van der Waals surface area contributed by atoms with Crippen LogP contribution in [0.3, 0.4) is 0 Å². The fourth-order valence-corrected chi connectivity index (χ4v) is 1.94. The van der Waals surface area contributed by atoms with Gasteiger partial charge in [-0.3, -0.25) is 10.1 Å². The fourth-order valence-electron chi connectivity index (χ4n) is 1.71. The monoisotopic (exact) mass is 293 g/mol. The van der Waals surface area contributed by atoms with Crippen molar-refractivity contribution < 1.29 is 9.66 Å². The van der Waals surface area contributed by atoms with E-state index in [1.165, 1.54) is 18.3 Å². The third-order valence-electron chi connectivity index (χ3n) is 2.70. The van der Waals surface area contributed by atoms with Crippen LogP contribution < -0.4 is 10.1 Å². The second-order valence-corrected chi connectivity index (χ2v) is 4.34. The molecule has 2 aromatic rings. The van der Waals surface area contributed by atoms with Crippen molar-refractivity contribution in [2.24, 2.45) is 0 Å². The quantitative estimate of drug-likeness (QED) is 0.676. The molecule has 0 unspecified atom stereocenters. The largest absolute Gasteiger partial charge is 0.496 e. The van der Waals surface area contributed by atoms with Crippen molar-refractivity contribution in [3.05, 3.63) is 57.2 Å². The molecule has 1 N–H and O–H groups in total. The fraction of sp³-hybridized carbons (Fsp3) is 0.154. The first kappa shape index (κ1) is 14.1. The molecule has 7 heteroatoms. The number of aromatic nitrogens is 1. The maximum absolute atomic E-state index is 10.7. The number of nitrogens with one attached hydrogen (secondary N) is 1. The first-order valence-corrected chi connectivity index (χ1v) is 6.15. The van der Waals surface area contributed by atoms with Crippen molar-refractivity contribution in [1.29, 1.82) is 0 Å². The summed E-state index contributed by atoms with van der Waals surface area (Å²) in [4.78, 5) is 14.2. The molecule has 0 aliphatic heterocycles. The topological polar surface area (TPSA) is 77.3 Å². The van der Waals surface area contributed by atoms with Gasteiger partial charge in [0.15, 0.2) is 0 Å². The normalized spacial score (nSPS) is 10.1. The molecule has 0 atom stereocenters. The molecule has 0 aliphatic carbocycles. The van der Waals surface area contributed by atoms with Gasteiger partial charge in [-0.25, -0.2) is 4.98 Å². The van der Waals surface area contributed by atoms with E-state index >= 15 is 0 Å². The van der Waals surface area contributed by atoms with Crippen molar-refractivity contribution in [2.45, 2.75) is 6.54 Å². The van der Waals surface area contributed by atoms with Crippen LogP contribution in [0.25, 0.3) is 0 Å². The molecule has 0 aliphatic rings. The summed E-state index contributed by atoms with van der Waals surface area (Å²) in [5, 5.41) is 14.2. The molecule has 0 bridgehead atoms. The average molecular weight is 294 g/mol. The standard InChI is InChI=1S/C13H12ClN3O3/c1-20-12-4-2-3-11(14)10(12)8-16-13-7-9(17(18)19)5-6-15-13/h2-7H,8H2,1H3,(H,15,16). The lowest BCUT2D eigenvalue weighted by Gasteiger charge is -2.11. The van der Waals surface area contributed by atoms with E-state index < -0.39 is 4.92 Å². The summed E-state index contributed by atoms with van der Waals surface area (Å²) in [6, 6.07) is 8.03. The first-order chi connectivity index (χ1) is 9.61. The van der Waals surface area contributed by atoms with Crippen molar-refractivity contribution in [3.8, 4) is 5.75 Å². The van der Waals surface area contributed by atoms with Gasteiger partial charge in [-0.2, -0.15) is 0 Å². The molecule has 0 radical (unpaired) electrons. The first-order valence-electron chi connectivity index (χ1n) is 5.77. The van der Waals surface area contributed by atoms with Gasteiger partial charge in [0, 0.05) is 29.4 Å². The van der Waals surface area contributed by atoms with Gasteiger partial charge in [0.05, 0.1) is 18.1 Å². The molecular weight excluding hydrogens is 282 g/mol. The second kappa shape index (κ2) is 6.21. The lowest BCUT2D eigenvalue weighted by atomic mass is 10.2. The van der Waals surface area contributed by atoms with Crippen LogP contribution >= 0.6 is 11.6 Å². The number of hydrogen-bond donors (Lipinski definition) is 1. The molecule has 1 heterocycles. The lowest BCUT2D eigenvalue weighted by molar-refractivity contribution is -0.384. The summed E-state index contributed by atoms with van der Waals surface area (Å²) in [6.07, 6.45) is 1.38.